The summed E-state index contributed by atoms with van der Waals surface area (Å²) < 4.78 is 51.9. The van der Waals surface area contributed by atoms with Gasteiger partial charge in [0.05, 0.1) is 15.6 Å². The van der Waals surface area contributed by atoms with E-state index in [0.29, 0.717) is 4.68 Å². The van der Waals surface area contributed by atoms with Gasteiger partial charge in [-0.15, -0.1) is 0 Å². The maximum atomic E-state index is 13.3. The average Bonchev–Trinajstić information content (AvgIpc) is 2.70. The van der Waals surface area contributed by atoms with E-state index in [-0.39, 0.29) is 10.7 Å². The van der Waals surface area contributed by atoms with Gasteiger partial charge in [0.15, 0.2) is 0 Å². The second kappa shape index (κ2) is 5.15. The highest BCUT2D eigenvalue weighted by atomic mass is 35.5. The molecule has 1 heterocycles. The molecule has 0 saturated carbocycles. The third-order valence-electron chi connectivity index (χ3n) is 2.40. The lowest BCUT2D eigenvalue weighted by Crippen LogP contribution is -2.09. The molecular weight excluding hydrogens is 341 g/mol. The van der Waals surface area contributed by atoms with E-state index < -0.39 is 33.5 Å². The Morgan fingerprint density at radius 1 is 1.29 bits per heavy atom. The summed E-state index contributed by atoms with van der Waals surface area (Å²) in [5.74, 6) is -0.933. The van der Waals surface area contributed by atoms with Gasteiger partial charge in [-0.05, 0) is 12.1 Å². The normalized spacial score (nSPS) is 11.7. The summed E-state index contributed by atoms with van der Waals surface area (Å²) in [6, 6.07) is 2.93. The summed E-state index contributed by atoms with van der Waals surface area (Å²) in [7, 11) is 0. The molecule has 0 unspecified atom stereocenters. The van der Waals surface area contributed by atoms with Crippen LogP contribution >= 0.6 is 23.2 Å². The van der Waals surface area contributed by atoms with Crippen molar-refractivity contribution in [3.8, 4) is 5.69 Å². The molecule has 0 fully saturated rings. The van der Waals surface area contributed by atoms with Crippen molar-refractivity contribution in [2.75, 3.05) is 0 Å². The number of nitrogens with zero attached hydrogens (tertiary/aromatic N) is 3. The number of hydrogen-bond acceptors (Lipinski definition) is 3. The molecule has 2 rings (SSSR count). The van der Waals surface area contributed by atoms with Gasteiger partial charge in [-0.2, -0.15) is 18.3 Å². The van der Waals surface area contributed by atoms with Crippen molar-refractivity contribution >= 4 is 28.9 Å². The number of hydrogen-bond donors (Lipinski definition) is 0. The van der Waals surface area contributed by atoms with Crippen molar-refractivity contribution in [1.29, 1.82) is 0 Å². The fraction of sp³-hybridized carbons (Fsp3) is 0.100. The molecule has 0 aliphatic rings. The minimum atomic E-state index is -5.08. The summed E-state index contributed by atoms with van der Waals surface area (Å²) in [5.41, 5.74) is -3.41. The van der Waals surface area contributed by atoms with Crippen LogP contribution in [-0.2, 0) is 6.18 Å². The second-order valence-electron chi connectivity index (χ2n) is 3.75. The van der Waals surface area contributed by atoms with Crippen LogP contribution in [0.2, 0.25) is 10.2 Å². The number of aromatic nitrogens is 2. The molecule has 1 aromatic carbocycles. The van der Waals surface area contributed by atoms with Crippen LogP contribution in [0.15, 0.2) is 18.2 Å². The van der Waals surface area contributed by atoms with E-state index in [2.05, 4.69) is 5.10 Å². The summed E-state index contributed by atoms with van der Waals surface area (Å²) in [5, 5.41) is 12.6. The zero-order chi connectivity index (χ0) is 15.9. The van der Waals surface area contributed by atoms with Crippen LogP contribution in [-0.4, -0.2) is 14.7 Å². The molecule has 1 aromatic heterocycles. The zero-order valence-electron chi connectivity index (χ0n) is 9.66. The van der Waals surface area contributed by atoms with Gasteiger partial charge in [-0.25, -0.2) is 9.07 Å². The van der Waals surface area contributed by atoms with Crippen LogP contribution in [0.4, 0.5) is 23.2 Å². The van der Waals surface area contributed by atoms with Crippen LogP contribution in [0.3, 0.4) is 0 Å². The van der Waals surface area contributed by atoms with Crippen LogP contribution in [0.5, 0.6) is 0 Å². The molecule has 0 N–H and O–H groups in total. The highest BCUT2D eigenvalue weighted by Gasteiger charge is 2.45. The molecule has 0 radical (unpaired) electrons. The van der Waals surface area contributed by atoms with E-state index in [4.69, 9.17) is 23.2 Å². The molecular formula is C10H3Cl2F4N3O2. The Kier molecular flexibility index (Phi) is 3.81. The van der Waals surface area contributed by atoms with Crippen LogP contribution in [0, 0.1) is 15.9 Å². The largest absolute Gasteiger partial charge is 0.442 e. The fourth-order valence-corrected chi connectivity index (χ4v) is 1.94. The predicted molar refractivity (Wildman–Crippen MR) is 65.2 cm³/mol. The summed E-state index contributed by atoms with van der Waals surface area (Å²) in [4.78, 5) is 9.42. The topological polar surface area (TPSA) is 61.0 Å². The molecule has 0 spiro atoms. The summed E-state index contributed by atoms with van der Waals surface area (Å²) in [6.45, 7) is 0. The van der Waals surface area contributed by atoms with E-state index in [1.807, 2.05) is 0 Å². The fourth-order valence-electron chi connectivity index (χ4n) is 1.53. The second-order valence-corrected chi connectivity index (χ2v) is 4.52. The quantitative estimate of drug-likeness (QED) is 0.465. The number of alkyl halides is 3. The van der Waals surface area contributed by atoms with Crippen molar-refractivity contribution in [1.82, 2.24) is 9.78 Å². The molecule has 112 valence electrons. The molecule has 0 atom stereocenters. The molecule has 21 heavy (non-hydrogen) atoms. The molecule has 0 amide bonds. The SMILES string of the molecule is O=[N+]([O-])c1c(C(F)(F)F)nn(-c2ccc(Cl)c(F)c2)c1Cl. The van der Waals surface area contributed by atoms with Gasteiger partial charge >= 0.3 is 11.9 Å². The van der Waals surface area contributed by atoms with Gasteiger partial charge in [0, 0.05) is 6.07 Å². The van der Waals surface area contributed by atoms with Crippen molar-refractivity contribution in [3.05, 3.63) is 50.0 Å². The van der Waals surface area contributed by atoms with Crippen LogP contribution in [0.25, 0.3) is 5.69 Å². The van der Waals surface area contributed by atoms with E-state index in [1.54, 1.807) is 0 Å². The van der Waals surface area contributed by atoms with Crippen molar-refractivity contribution in [2.45, 2.75) is 6.18 Å². The molecule has 11 heteroatoms. The Labute approximate surface area is 123 Å². The first-order valence-corrected chi connectivity index (χ1v) is 5.84. The van der Waals surface area contributed by atoms with E-state index in [9.17, 15) is 27.7 Å². The third-order valence-corrected chi connectivity index (χ3v) is 3.05. The third kappa shape index (κ3) is 2.79. The van der Waals surface area contributed by atoms with Crippen molar-refractivity contribution in [3.63, 3.8) is 0 Å². The van der Waals surface area contributed by atoms with Crippen molar-refractivity contribution < 1.29 is 22.5 Å². The Bertz CT molecular complexity index is 730. The van der Waals surface area contributed by atoms with Gasteiger partial charge in [0.2, 0.25) is 10.8 Å². The lowest BCUT2D eigenvalue weighted by atomic mass is 10.3. The molecule has 0 bridgehead atoms. The van der Waals surface area contributed by atoms with Crippen LogP contribution in [0.1, 0.15) is 5.69 Å². The first-order chi connectivity index (χ1) is 9.62. The van der Waals surface area contributed by atoms with Gasteiger partial charge in [-0.3, -0.25) is 10.1 Å². The number of rotatable bonds is 2. The van der Waals surface area contributed by atoms with E-state index in [0.717, 1.165) is 18.2 Å². The lowest BCUT2D eigenvalue weighted by molar-refractivity contribution is -0.388. The number of halogens is 6. The summed E-state index contributed by atoms with van der Waals surface area (Å²) >= 11 is 11.0. The van der Waals surface area contributed by atoms with E-state index in [1.165, 1.54) is 0 Å². The Morgan fingerprint density at radius 2 is 1.90 bits per heavy atom. The zero-order valence-corrected chi connectivity index (χ0v) is 11.2. The Morgan fingerprint density at radius 3 is 2.33 bits per heavy atom. The highest BCUT2D eigenvalue weighted by Crippen LogP contribution is 2.40. The van der Waals surface area contributed by atoms with Gasteiger partial charge in [-0.1, -0.05) is 23.2 Å². The first-order valence-electron chi connectivity index (χ1n) is 5.08. The maximum absolute atomic E-state index is 13.3. The maximum Gasteiger partial charge on any atom is 0.442 e. The Balaban J connectivity index is 2.71. The van der Waals surface area contributed by atoms with Crippen molar-refractivity contribution in [2.24, 2.45) is 0 Å². The molecule has 0 aliphatic heterocycles. The Hall–Kier alpha value is -1.87. The molecule has 0 saturated heterocycles. The van der Waals surface area contributed by atoms with Gasteiger partial charge < -0.3 is 0 Å². The predicted octanol–water partition coefficient (Wildman–Crippen LogP) is 4.25. The molecule has 5 nitrogen and oxygen atoms in total. The average molecular weight is 344 g/mol. The monoisotopic (exact) mass is 343 g/mol. The van der Waals surface area contributed by atoms with Gasteiger partial charge in [0.25, 0.3) is 0 Å². The minimum Gasteiger partial charge on any atom is -0.258 e. The highest BCUT2D eigenvalue weighted by molar-refractivity contribution is 6.32. The molecule has 0 aliphatic carbocycles. The van der Waals surface area contributed by atoms with Gasteiger partial charge in [0.1, 0.15) is 5.82 Å². The number of nitro groups is 1. The standard InChI is InChI=1S/C10H3Cl2F4N3O2/c11-5-2-1-4(3-6(5)13)18-9(12)7(19(20)21)8(17-18)10(14,15)16/h1-3H. The molecule has 2 aromatic rings. The smallest absolute Gasteiger partial charge is 0.258 e. The summed E-state index contributed by atoms with van der Waals surface area (Å²) in [6.07, 6.45) is -5.08. The van der Waals surface area contributed by atoms with Crippen LogP contribution < -0.4 is 0 Å². The minimum absolute atomic E-state index is 0.236. The number of benzene rings is 1. The van der Waals surface area contributed by atoms with E-state index >= 15 is 0 Å². The first kappa shape index (κ1) is 15.5. The lowest BCUT2D eigenvalue weighted by Gasteiger charge is -2.03.